The van der Waals surface area contributed by atoms with Crippen LogP contribution < -0.4 is 20.5 Å². The van der Waals surface area contributed by atoms with E-state index < -0.39 is 12.0 Å². The first-order valence-corrected chi connectivity index (χ1v) is 19.0. The van der Waals surface area contributed by atoms with Crippen molar-refractivity contribution in [1.29, 1.82) is 0 Å². The summed E-state index contributed by atoms with van der Waals surface area (Å²) in [6, 6.07) is 13.2. The summed E-state index contributed by atoms with van der Waals surface area (Å²) in [5, 5.41) is 42.1. The summed E-state index contributed by atoms with van der Waals surface area (Å²) in [6.45, 7) is 7.74. The van der Waals surface area contributed by atoms with Gasteiger partial charge in [-0.05, 0) is 47.9 Å². The summed E-state index contributed by atoms with van der Waals surface area (Å²) in [5.41, 5.74) is 2.44. The topological polar surface area (TPSA) is 225 Å². The third-order valence-electron chi connectivity index (χ3n) is 10.3. The van der Waals surface area contributed by atoms with Gasteiger partial charge < -0.3 is 44.5 Å². The summed E-state index contributed by atoms with van der Waals surface area (Å²) in [6.07, 6.45) is 2.07. The van der Waals surface area contributed by atoms with Gasteiger partial charge in [0.15, 0.2) is 5.43 Å². The second kappa shape index (κ2) is 16.1. The molecule has 2 aromatic carbocycles. The van der Waals surface area contributed by atoms with Gasteiger partial charge in [0.2, 0.25) is 23.8 Å². The molecule has 5 heterocycles. The molecule has 4 aromatic rings. The number of phenols is 1. The number of aromatic carboxylic acids is 1. The Bertz CT molecular complexity index is 2510. The molecule has 8 rings (SSSR count). The molecule has 18 nitrogen and oxygen atoms in total. The monoisotopic (exact) mass is 790 g/mol. The van der Waals surface area contributed by atoms with Gasteiger partial charge in [0.05, 0.1) is 24.5 Å². The number of aliphatic hydroxyl groups is 1. The van der Waals surface area contributed by atoms with Crippen molar-refractivity contribution < 1.29 is 34.1 Å². The Morgan fingerprint density at radius 3 is 2.31 bits per heavy atom. The average Bonchev–Trinajstić information content (AvgIpc) is 3.67. The van der Waals surface area contributed by atoms with Gasteiger partial charge in [0.1, 0.15) is 23.1 Å². The van der Waals surface area contributed by atoms with Crippen LogP contribution in [0.15, 0.2) is 70.0 Å². The van der Waals surface area contributed by atoms with Gasteiger partial charge in [-0.25, -0.2) is 9.48 Å². The largest absolute Gasteiger partial charge is 0.508 e. The Labute approximate surface area is 331 Å². The number of nitrogens with one attached hydrogen (secondary N) is 1. The number of amides is 1. The zero-order valence-electron chi connectivity index (χ0n) is 31.9. The fourth-order valence-electron chi connectivity index (χ4n) is 7.45. The number of anilines is 4. The van der Waals surface area contributed by atoms with Crippen LogP contribution in [-0.2, 0) is 16.0 Å². The number of aliphatic hydroxyl groups excluding tert-OH is 1. The molecule has 2 saturated heterocycles. The van der Waals surface area contributed by atoms with Crippen LogP contribution in [0, 0.1) is 5.92 Å². The predicted molar refractivity (Wildman–Crippen MR) is 213 cm³/mol. The smallest absolute Gasteiger partial charge is 0.336 e. The van der Waals surface area contributed by atoms with Gasteiger partial charge in [0, 0.05) is 92.8 Å². The molecule has 4 N–H and O–H groups in total. The van der Waals surface area contributed by atoms with E-state index in [1.165, 1.54) is 30.3 Å². The van der Waals surface area contributed by atoms with Crippen molar-refractivity contribution in [2.24, 2.45) is 5.92 Å². The molecule has 2 fully saturated rings. The minimum Gasteiger partial charge on any atom is -0.508 e. The second-order valence-electron chi connectivity index (χ2n) is 14.5. The van der Waals surface area contributed by atoms with Crippen molar-refractivity contribution in [2.45, 2.75) is 26.3 Å². The molecular formula is C40H42N10O8. The molecule has 4 aliphatic rings. The highest BCUT2D eigenvalue weighted by Crippen LogP contribution is 2.42. The number of fused-ring (bicyclic) bond motifs is 2. The minimum absolute atomic E-state index is 0.0308. The molecule has 0 bridgehead atoms. The third kappa shape index (κ3) is 7.70. The normalized spacial score (nSPS) is 15.3. The number of carbonyl (C=O) groups is 2. The molecule has 1 aliphatic carbocycles. The summed E-state index contributed by atoms with van der Waals surface area (Å²) in [5.74, 6) is -0.0719. The number of hydrogen-bond acceptors (Lipinski definition) is 15. The maximum atomic E-state index is 13.8. The van der Waals surface area contributed by atoms with Gasteiger partial charge in [0.25, 0.3) is 0 Å². The van der Waals surface area contributed by atoms with Crippen molar-refractivity contribution in [1.82, 2.24) is 34.8 Å². The predicted octanol–water partition coefficient (Wildman–Crippen LogP) is 3.41. The first kappa shape index (κ1) is 38.2. The van der Waals surface area contributed by atoms with Crippen LogP contribution in [0.2, 0.25) is 0 Å². The number of carbonyl (C=O) groups excluding carboxylic acids is 1. The fourth-order valence-corrected chi connectivity index (χ4v) is 7.45. The Balaban J connectivity index is 1.09. The van der Waals surface area contributed by atoms with Crippen LogP contribution in [0.5, 0.6) is 5.75 Å². The van der Waals surface area contributed by atoms with Crippen LogP contribution >= 0.6 is 0 Å². The van der Waals surface area contributed by atoms with E-state index in [1.807, 2.05) is 28.5 Å². The Morgan fingerprint density at radius 2 is 1.60 bits per heavy atom. The van der Waals surface area contributed by atoms with Crippen LogP contribution in [0.25, 0.3) is 33.4 Å². The number of carboxylic acid groups (broad SMARTS) is 1. The van der Waals surface area contributed by atoms with Crippen LogP contribution in [0.1, 0.15) is 35.9 Å². The molecule has 300 valence electrons. The van der Waals surface area contributed by atoms with Crippen molar-refractivity contribution in [3.8, 4) is 28.2 Å². The number of aromatic hydroxyl groups is 1. The number of hydrogen-bond donors (Lipinski definition) is 4. The van der Waals surface area contributed by atoms with Crippen molar-refractivity contribution in [3.63, 3.8) is 0 Å². The molecule has 2 aromatic heterocycles. The summed E-state index contributed by atoms with van der Waals surface area (Å²) >= 11 is 0. The van der Waals surface area contributed by atoms with Crippen molar-refractivity contribution in [3.05, 3.63) is 82.3 Å². The number of carboxylic acids is 1. The molecule has 0 unspecified atom stereocenters. The molecule has 58 heavy (non-hydrogen) atoms. The zero-order chi connectivity index (χ0) is 40.5. The SMILES string of the molecule is CC(C)[C@@H](C(=O)N1CCN(c2nc(Nc3ccc(-c4c5ccc(=O)cc-5oc5cc(O)ccc45)c(C(=O)O)c3)nc(N3CCOCC3)n2)CC1)n1cc(CCO)nn1. The molecule has 0 saturated carbocycles. The van der Waals surface area contributed by atoms with E-state index >= 15 is 0 Å². The lowest BCUT2D eigenvalue weighted by atomic mass is 9.90. The lowest BCUT2D eigenvalue weighted by Crippen LogP contribution is -2.51. The maximum absolute atomic E-state index is 13.8. The fraction of sp³-hybridized carbons (Fsp3) is 0.350. The highest BCUT2D eigenvalue weighted by Gasteiger charge is 2.33. The molecule has 18 heteroatoms. The van der Waals surface area contributed by atoms with Gasteiger partial charge >= 0.3 is 5.97 Å². The van der Waals surface area contributed by atoms with Crippen LogP contribution in [-0.4, -0.2) is 121 Å². The standard InChI is InChI=1S/C40H42N10O8/c1-23(2)35(50-22-25(9-16-51)45-46-50)36(54)47-10-12-48(13-11-47)39-42-38(43-40(44-39)49-14-17-57-18-15-49)41-24-3-6-28(31(19-24)37(55)56)34-29-7-4-26(52)20-32(29)58-33-21-27(53)5-8-30(33)34/h3-8,19-23,35,51-52H,9-18H2,1-2H3,(H,55,56)(H,41,42,43,44)/t35-/m0/s1. The van der Waals surface area contributed by atoms with Gasteiger partial charge in [-0.15, -0.1) is 5.10 Å². The van der Waals surface area contributed by atoms with Crippen molar-refractivity contribution in [2.75, 3.05) is 74.2 Å². The first-order chi connectivity index (χ1) is 28.1. The summed E-state index contributed by atoms with van der Waals surface area (Å²) in [7, 11) is 0. The van der Waals surface area contributed by atoms with E-state index in [1.54, 1.807) is 35.1 Å². The second-order valence-corrected chi connectivity index (χ2v) is 14.5. The van der Waals surface area contributed by atoms with Gasteiger partial charge in [-0.2, -0.15) is 15.0 Å². The number of morpholine rings is 1. The Morgan fingerprint density at radius 1 is 0.879 bits per heavy atom. The Hall–Kier alpha value is -6.66. The van der Waals surface area contributed by atoms with Crippen LogP contribution in [0.4, 0.5) is 23.5 Å². The quantitative estimate of drug-likeness (QED) is 0.138. The lowest BCUT2D eigenvalue weighted by molar-refractivity contribution is -0.136. The highest BCUT2D eigenvalue weighted by atomic mass is 16.5. The van der Waals surface area contributed by atoms with E-state index in [9.17, 15) is 29.7 Å². The van der Waals surface area contributed by atoms with E-state index in [0.717, 1.165) is 0 Å². The maximum Gasteiger partial charge on any atom is 0.336 e. The highest BCUT2D eigenvalue weighted by molar-refractivity contribution is 6.08. The van der Waals surface area contributed by atoms with Crippen molar-refractivity contribution >= 4 is 46.4 Å². The number of phenolic OH excluding ortho intramolecular Hbond substituents is 1. The lowest BCUT2D eigenvalue weighted by Gasteiger charge is -2.37. The Kier molecular flexibility index (Phi) is 10.6. The summed E-state index contributed by atoms with van der Waals surface area (Å²) in [4.78, 5) is 59.2. The third-order valence-corrected chi connectivity index (χ3v) is 10.3. The number of piperazine rings is 1. The first-order valence-electron chi connectivity index (χ1n) is 19.0. The average molecular weight is 791 g/mol. The van der Waals surface area contributed by atoms with Gasteiger partial charge in [-0.3, -0.25) is 9.59 Å². The number of benzene rings is 3. The molecule has 0 radical (unpaired) electrons. The van der Waals surface area contributed by atoms with E-state index in [4.69, 9.17) is 24.1 Å². The van der Waals surface area contributed by atoms with Crippen LogP contribution in [0.3, 0.4) is 0 Å². The zero-order valence-corrected chi connectivity index (χ0v) is 31.9. The molecule has 1 atom stereocenters. The molecular weight excluding hydrogens is 749 g/mol. The van der Waals surface area contributed by atoms with E-state index in [2.05, 4.69) is 15.6 Å². The molecule has 0 spiro atoms. The summed E-state index contributed by atoms with van der Waals surface area (Å²) < 4.78 is 13.1. The number of nitrogens with zero attached hydrogens (tertiary/aromatic N) is 9. The minimum atomic E-state index is -1.19. The van der Waals surface area contributed by atoms with E-state index in [-0.39, 0.29) is 52.5 Å². The molecule has 3 aliphatic heterocycles. The number of rotatable bonds is 11. The molecule has 1 amide bonds. The van der Waals surface area contributed by atoms with Gasteiger partial charge in [-0.1, -0.05) is 25.1 Å². The van der Waals surface area contributed by atoms with E-state index in [0.29, 0.717) is 104 Å². The number of aromatic nitrogens is 6. The number of ether oxygens (including phenoxy) is 1.